The molecule has 1 aromatic heterocycles. The molecule has 3 rings (SSSR count). The predicted octanol–water partition coefficient (Wildman–Crippen LogP) is 2.55. The van der Waals surface area contributed by atoms with Gasteiger partial charge < -0.3 is 15.5 Å². The minimum absolute atomic E-state index is 0.0930. The summed E-state index contributed by atoms with van der Waals surface area (Å²) >= 11 is 0. The number of benzene rings is 1. The van der Waals surface area contributed by atoms with E-state index in [0.717, 1.165) is 43.9 Å². The summed E-state index contributed by atoms with van der Waals surface area (Å²) in [5.74, 6) is 0.0930. The van der Waals surface area contributed by atoms with Crippen LogP contribution in [-0.4, -0.2) is 53.4 Å². The Hall–Kier alpha value is -2.93. The second kappa shape index (κ2) is 9.52. The van der Waals surface area contributed by atoms with Gasteiger partial charge in [-0.1, -0.05) is 18.2 Å². The molecule has 154 valence electrons. The van der Waals surface area contributed by atoms with Crippen LogP contribution in [0.4, 0.5) is 10.5 Å². The van der Waals surface area contributed by atoms with Gasteiger partial charge >= 0.3 is 6.03 Å². The van der Waals surface area contributed by atoms with Crippen LogP contribution in [0.25, 0.3) is 0 Å². The third kappa shape index (κ3) is 5.77. The van der Waals surface area contributed by atoms with Gasteiger partial charge in [0.1, 0.15) is 0 Å². The van der Waals surface area contributed by atoms with Crippen molar-refractivity contribution >= 4 is 17.6 Å². The molecule has 0 saturated carbocycles. The number of carbonyl (C=O) groups is 2. The van der Waals surface area contributed by atoms with Crippen molar-refractivity contribution in [2.45, 2.75) is 33.4 Å². The Morgan fingerprint density at radius 3 is 2.79 bits per heavy atom. The summed E-state index contributed by atoms with van der Waals surface area (Å²) in [6.07, 6.45) is 2.60. The highest BCUT2D eigenvalue weighted by Gasteiger charge is 2.19. The molecule has 2 heterocycles. The number of rotatable bonds is 6. The first-order valence-corrected chi connectivity index (χ1v) is 9.93. The van der Waals surface area contributed by atoms with Crippen molar-refractivity contribution in [3.05, 3.63) is 58.9 Å². The number of aryl methyl sites for hydroxylation is 1. The highest BCUT2D eigenvalue weighted by Crippen LogP contribution is 2.22. The van der Waals surface area contributed by atoms with E-state index in [1.54, 1.807) is 18.0 Å². The normalized spacial score (nSPS) is 13.5. The standard InChI is InChI=1S/C22H29N5O2/c1-16-7-8-20(14-23-16)25-22(29)24-13-18-5-4-6-19-15-27(10-9-21(18)19)12-11-26(3)17(2)28/h4-8,14H,9-13,15H2,1-3H3,(H2,24,25,29). The van der Waals surface area contributed by atoms with Gasteiger partial charge in [0, 0.05) is 52.4 Å². The maximum Gasteiger partial charge on any atom is 0.319 e. The number of fused-ring (bicyclic) bond motifs is 1. The zero-order valence-electron chi connectivity index (χ0n) is 17.4. The first-order chi connectivity index (χ1) is 13.9. The molecule has 1 aromatic carbocycles. The number of likely N-dealkylation sites (N-methyl/N-ethyl adjacent to an activating group) is 1. The van der Waals surface area contributed by atoms with E-state index in [9.17, 15) is 9.59 Å². The van der Waals surface area contributed by atoms with Gasteiger partial charge in [-0.05, 0) is 42.2 Å². The van der Waals surface area contributed by atoms with Gasteiger partial charge in [-0.3, -0.25) is 14.7 Å². The van der Waals surface area contributed by atoms with Crippen LogP contribution in [0.1, 0.15) is 29.3 Å². The molecule has 1 aliphatic heterocycles. The lowest BCUT2D eigenvalue weighted by Gasteiger charge is -2.31. The zero-order valence-corrected chi connectivity index (χ0v) is 17.4. The topological polar surface area (TPSA) is 77.6 Å². The number of nitrogens with zero attached hydrogens (tertiary/aromatic N) is 3. The molecule has 0 bridgehead atoms. The number of nitrogens with one attached hydrogen (secondary N) is 2. The van der Waals surface area contributed by atoms with Gasteiger partial charge in [-0.25, -0.2) is 4.79 Å². The smallest absolute Gasteiger partial charge is 0.319 e. The van der Waals surface area contributed by atoms with E-state index in [2.05, 4.69) is 32.7 Å². The van der Waals surface area contributed by atoms with E-state index in [1.165, 1.54) is 11.1 Å². The van der Waals surface area contributed by atoms with E-state index in [-0.39, 0.29) is 11.9 Å². The molecule has 0 fully saturated rings. The molecule has 3 amide bonds. The Balaban J connectivity index is 1.54. The first kappa shape index (κ1) is 20.8. The summed E-state index contributed by atoms with van der Waals surface area (Å²) < 4.78 is 0. The molecule has 2 aromatic rings. The van der Waals surface area contributed by atoms with E-state index in [1.807, 2.05) is 32.2 Å². The monoisotopic (exact) mass is 395 g/mol. The molecule has 0 spiro atoms. The number of urea groups is 1. The first-order valence-electron chi connectivity index (χ1n) is 9.93. The van der Waals surface area contributed by atoms with Crippen molar-refractivity contribution in [1.82, 2.24) is 20.1 Å². The molecular weight excluding hydrogens is 366 g/mol. The van der Waals surface area contributed by atoms with Crippen LogP contribution in [0.5, 0.6) is 0 Å². The second-order valence-electron chi connectivity index (χ2n) is 7.52. The van der Waals surface area contributed by atoms with Gasteiger partial charge in [0.2, 0.25) is 5.91 Å². The largest absolute Gasteiger partial charge is 0.345 e. The molecule has 0 saturated heterocycles. The zero-order chi connectivity index (χ0) is 20.8. The van der Waals surface area contributed by atoms with E-state index in [0.29, 0.717) is 12.2 Å². The third-order valence-electron chi connectivity index (χ3n) is 5.34. The van der Waals surface area contributed by atoms with Crippen LogP contribution in [0.15, 0.2) is 36.5 Å². The van der Waals surface area contributed by atoms with Crippen LogP contribution >= 0.6 is 0 Å². The molecule has 0 unspecified atom stereocenters. The van der Waals surface area contributed by atoms with Crippen LogP contribution < -0.4 is 10.6 Å². The van der Waals surface area contributed by atoms with Crippen molar-refractivity contribution in [1.29, 1.82) is 0 Å². The summed E-state index contributed by atoms with van der Waals surface area (Å²) in [5.41, 5.74) is 5.36. The van der Waals surface area contributed by atoms with Crippen molar-refractivity contribution in [2.75, 3.05) is 32.0 Å². The maximum absolute atomic E-state index is 12.2. The summed E-state index contributed by atoms with van der Waals surface area (Å²) in [6.45, 7) is 7.42. The van der Waals surface area contributed by atoms with E-state index < -0.39 is 0 Å². The van der Waals surface area contributed by atoms with Crippen LogP contribution in [0.3, 0.4) is 0 Å². The van der Waals surface area contributed by atoms with Crippen molar-refractivity contribution < 1.29 is 9.59 Å². The summed E-state index contributed by atoms with van der Waals surface area (Å²) in [5, 5.41) is 5.75. The number of hydrogen-bond donors (Lipinski definition) is 2. The molecule has 29 heavy (non-hydrogen) atoms. The number of amides is 3. The van der Waals surface area contributed by atoms with E-state index in [4.69, 9.17) is 0 Å². The van der Waals surface area contributed by atoms with Gasteiger partial charge in [0.05, 0.1) is 11.9 Å². The summed E-state index contributed by atoms with van der Waals surface area (Å²) in [4.78, 5) is 31.9. The summed E-state index contributed by atoms with van der Waals surface area (Å²) in [7, 11) is 1.84. The molecule has 0 radical (unpaired) electrons. The molecule has 7 nitrogen and oxygen atoms in total. The number of hydrogen-bond acceptors (Lipinski definition) is 4. The Bertz CT molecular complexity index is 866. The van der Waals surface area contributed by atoms with Crippen LogP contribution in [0, 0.1) is 6.92 Å². The molecule has 7 heteroatoms. The lowest BCUT2D eigenvalue weighted by Crippen LogP contribution is -2.38. The van der Waals surface area contributed by atoms with Gasteiger partial charge in [0.15, 0.2) is 0 Å². The molecule has 2 N–H and O–H groups in total. The average molecular weight is 396 g/mol. The maximum atomic E-state index is 12.2. The van der Waals surface area contributed by atoms with Crippen LogP contribution in [-0.2, 0) is 24.3 Å². The van der Waals surface area contributed by atoms with E-state index >= 15 is 0 Å². The lowest BCUT2D eigenvalue weighted by molar-refractivity contribution is -0.127. The third-order valence-corrected chi connectivity index (χ3v) is 5.34. The number of anilines is 1. The number of carbonyl (C=O) groups excluding carboxylic acids is 2. The molecule has 0 atom stereocenters. The Labute approximate surface area is 172 Å². The second-order valence-corrected chi connectivity index (χ2v) is 7.52. The van der Waals surface area contributed by atoms with Gasteiger partial charge in [0.25, 0.3) is 0 Å². The fourth-order valence-corrected chi connectivity index (χ4v) is 3.44. The lowest BCUT2D eigenvalue weighted by atomic mass is 9.94. The Kier molecular flexibility index (Phi) is 6.82. The fraction of sp³-hybridized carbons (Fsp3) is 0.409. The van der Waals surface area contributed by atoms with Crippen LogP contribution in [0.2, 0.25) is 0 Å². The molecule has 0 aliphatic carbocycles. The Morgan fingerprint density at radius 2 is 2.07 bits per heavy atom. The average Bonchev–Trinajstić information content (AvgIpc) is 2.71. The van der Waals surface area contributed by atoms with Gasteiger partial charge in [-0.15, -0.1) is 0 Å². The van der Waals surface area contributed by atoms with Gasteiger partial charge in [-0.2, -0.15) is 0 Å². The quantitative estimate of drug-likeness (QED) is 0.788. The molecular formula is C22H29N5O2. The van der Waals surface area contributed by atoms with Crippen molar-refractivity contribution in [2.24, 2.45) is 0 Å². The minimum atomic E-state index is -0.238. The van der Waals surface area contributed by atoms with Crippen molar-refractivity contribution in [3.63, 3.8) is 0 Å². The highest BCUT2D eigenvalue weighted by molar-refractivity contribution is 5.88. The Morgan fingerprint density at radius 1 is 1.24 bits per heavy atom. The number of pyridine rings is 1. The summed E-state index contributed by atoms with van der Waals surface area (Å²) in [6, 6.07) is 9.73. The predicted molar refractivity (Wildman–Crippen MR) is 114 cm³/mol. The minimum Gasteiger partial charge on any atom is -0.345 e. The molecule has 1 aliphatic rings. The van der Waals surface area contributed by atoms with Crippen molar-refractivity contribution in [3.8, 4) is 0 Å². The SMILES string of the molecule is CC(=O)N(C)CCN1CCc2c(CNC(=O)Nc3ccc(C)nc3)cccc2C1. The fourth-order valence-electron chi connectivity index (χ4n) is 3.44. The highest BCUT2D eigenvalue weighted by atomic mass is 16.2. The number of aromatic nitrogens is 1.